The molecule has 6 heteroatoms. The highest BCUT2D eigenvalue weighted by atomic mass is 35.5. The Morgan fingerprint density at radius 1 is 1.12 bits per heavy atom. The molecule has 0 unspecified atom stereocenters. The SMILES string of the molecule is CN(CCC(=O)NCCc1ccc(Cl)cc1Cl)CCc1ccncc1. The number of rotatable bonds is 9. The maximum atomic E-state index is 12.0. The average Bonchev–Trinajstić information content (AvgIpc) is 2.61. The van der Waals surface area contributed by atoms with E-state index in [1.54, 1.807) is 18.5 Å². The Labute approximate surface area is 159 Å². The van der Waals surface area contributed by atoms with E-state index in [4.69, 9.17) is 23.2 Å². The van der Waals surface area contributed by atoms with Gasteiger partial charge in [0.25, 0.3) is 0 Å². The van der Waals surface area contributed by atoms with Crippen LogP contribution < -0.4 is 5.32 Å². The molecular formula is C19H23Cl2N3O. The number of carbonyl (C=O) groups excluding carboxylic acids is 1. The van der Waals surface area contributed by atoms with E-state index in [0.29, 0.717) is 29.4 Å². The molecule has 0 atom stereocenters. The average molecular weight is 380 g/mol. The van der Waals surface area contributed by atoms with E-state index < -0.39 is 0 Å². The molecule has 0 aliphatic heterocycles. The fourth-order valence-electron chi connectivity index (χ4n) is 2.42. The predicted octanol–water partition coefficient (Wildman–Crippen LogP) is 3.61. The molecular weight excluding hydrogens is 357 g/mol. The maximum absolute atomic E-state index is 12.0. The highest BCUT2D eigenvalue weighted by Crippen LogP contribution is 2.21. The molecule has 25 heavy (non-hydrogen) atoms. The van der Waals surface area contributed by atoms with Crippen molar-refractivity contribution >= 4 is 29.1 Å². The van der Waals surface area contributed by atoms with Crippen molar-refractivity contribution in [2.45, 2.75) is 19.3 Å². The molecule has 0 radical (unpaired) electrons. The zero-order valence-corrected chi connectivity index (χ0v) is 15.9. The molecule has 1 amide bonds. The molecule has 2 rings (SSSR count). The van der Waals surface area contributed by atoms with Crippen molar-refractivity contribution in [2.75, 3.05) is 26.7 Å². The summed E-state index contributed by atoms with van der Waals surface area (Å²) in [4.78, 5) is 18.1. The van der Waals surface area contributed by atoms with Crippen LogP contribution in [0.25, 0.3) is 0 Å². The molecule has 0 bridgehead atoms. The van der Waals surface area contributed by atoms with Gasteiger partial charge in [-0.3, -0.25) is 9.78 Å². The molecule has 0 aliphatic rings. The van der Waals surface area contributed by atoms with Gasteiger partial charge in [-0.1, -0.05) is 29.3 Å². The van der Waals surface area contributed by atoms with Crippen molar-refractivity contribution < 1.29 is 4.79 Å². The third-order valence-electron chi connectivity index (χ3n) is 3.98. The lowest BCUT2D eigenvalue weighted by molar-refractivity contribution is -0.121. The number of amides is 1. The van der Waals surface area contributed by atoms with Crippen LogP contribution in [0.3, 0.4) is 0 Å². The first-order valence-electron chi connectivity index (χ1n) is 8.32. The van der Waals surface area contributed by atoms with Gasteiger partial charge in [0.15, 0.2) is 0 Å². The van der Waals surface area contributed by atoms with Crippen molar-refractivity contribution in [3.63, 3.8) is 0 Å². The highest BCUT2D eigenvalue weighted by molar-refractivity contribution is 6.35. The summed E-state index contributed by atoms with van der Waals surface area (Å²) in [5.41, 5.74) is 2.24. The van der Waals surface area contributed by atoms with Gasteiger partial charge in [0.05, 0.1) is 0 Å². The molecule has 2 aromatic rings. The van der Waals surface area contributed by atoms with Crippen molar-refractivity contribution in [1.82, 2.24) is 15.2 Å². The van der Waals surface area contributed by atoms with Crippen LogP contribution in [0.2, 0.25) is 10.0 Å². The van der Waals surface area contributed by atoms with Gasteiger partial charge in [0, 0.05) is 48.5 Å². The topological polar surface area (TPSA) is 45.2 Å². The smallest absolute Gasteiger partial charge is 0.221 e. The van der Waals surface area contributed by atoms with Crippen LogP contribution in [0, 0.1) is 0 Å². The van der Waals surface area contributed by atoms with Crippen molar-refractivity contribution in [3.05, 3.63) is 63.9 Å². The van der Waals surface area contributed by atoms with Crippen LogP contribution in [0.4, 0.5) is 0 Å². The number of hydrogen-bond donors (Lipinski definition) is 1. The lowest BCUT2D eigenvalue weighted by atomic mass is 10.1. The van der Waals surface area contributed by atoms with Gasteiger partial charge in [-0.2, -0.15) is 0 Å². The molecule has 0 saturated heterocycles. The zero-order chi connectivity index (χ0) is 18.1. The van der Waals surface area contributed by atoms with Crippen LogP contribution >= 0.6 is 23.2 Å². The van der Waals surface area contributed by atoms with Crippen molar-refractivity contribution in [3.8, 4) is 0 Å². The summed E-state index contributed by atoms with van der Waals surface area (Å²) in [5.74, 6) is 0.0563. The molecule has 0 fully saturated rings. The number of nitrogens with zero attached hydrogens (tertiary/aromatic N) is 2. The first kappa shape index (κ1) is 19.7. The van der Waals surface area contributed by atoms with Gasteiger partial charge in [-0.25, -0.2) is 0 Å². The first-order valence-corrected chi connectivity index (χ1v) is 9.08. The Hall–Kier alpha value is -1.62. The number of nitrogens with one attached hydrogen (secondary N) is 1. The molecule has 0 spiro atoms. The van der Waals surface area contributed by atoms with Crippen LogP contribution in [-0.4, -0.2) is 42.5 Å². The molecule has 0 saturated carbocycles. The van der Waals surface area contributed by atoms with Gasteiger partial charge in [0.2, 0.25) is 5.91 Å². The number of benzene rings is 1. The largest absolute Gasteiger partial charge is 0.356 e. The minimum absolute atomic E-state index is 0.0563. The van der Waals surface area contributed by atoms with E-state index >= 15 is 0 Å². The van der Waals surface area contributed by atoms with E-state index in [1.165, 1.54) is 5.56 Å². The summed E-state index contributed by atoms with van der Waals surface area (Å²) in [6.45, 7) is 2.22. The number of halogens is 2. The molecule has 134 valence electrons. The first-order chi connectivity index (χ1) is 12.0. The monoisotopic (exact) mass is 379 g/mol. The predicted molar refractivity (Wildman–Crippen MR) is 103 cm³/mol. The Bertz CT molecular complexity index is 680. The minimum atomic E-state index is 0.0563. The highest BCUT2D eigenvalue weighted by Gasteiger charge is 2.06. The second-order valence-electron chi connectivity index (χ2n) is 5.99. The van der Waals surface area contributed by atoms with Gasteiger partial charge in [0.1, 0.15) is 0 Å². The number of hydrogen-bond acceptors (Lipinski definition) is 3. The van der Waals surface area contributed by atoms with Crippen LogP contribution in [0.1, 0.15) is 17.5 Å². The standard InChI is InChI=1S/C19H23Cl2N3O/c1-24(12-7-15-4-9-22-10-5-15)13-8-19(25)23-11-6-16-2-3-17(20)14-18(16)21/h2-5,9-10,14H,6-8,11-13H2,1H3,(H,23,25). The Morgan fingerprint density at radius 3 is 2.60 bits per heavy atom. The quantitative estimate of drug-likeness (QED) is 0.723. The molecule has 1 aromatic heterocycles. The van der Waals surface area contributed by atoms with E-state index in [0.717, 1.165) is 25.1 Å². The van der Waals surface area contributed by atoms with E-state index in [9.17, 15) is 4.79 Å². The summed E-state index contributed by atoms with van der Waals surface area (Å²) in [6, 6.07) is 9.45. The normalized spacial score (nSPS) is 10.9. The second-order valence-corrected chi connectivity index (χ2v) is 6.84. The summed E-state index contributed by atoms with van der Waals surface area (Å²) < 4.78 is 0. The Balaban J connectivity index is 1.61. The summed E-state index contributed by atoms with van der Waals surface area (Å²) in [5, 5.41) is 4.19. The Morgan fingerprint density at radius 2 is 1.88 bits per heavy atom. The fraction of sp³-hybridized carbons (Fsp3) is 0.368. The molecule has 0 aliphatic carbocycles. The van der Waals surface area contributed by atoms with Crippen molar-refractivity contribution in [2.24, 2.45) is 0 Å². The summed E-state index contributed by atoms with van der Waals surface area (Å²) in [7, 11) is 2.03. The minimum Gasteiger partial charge on any atom is -0.356 e. The van der Waals surface area contributed by atoms with Crippen LogP contribution in [-0.2, 0) is 17.6 Å². The lowest BCUT2D eigenvalue weighted by Gasteiger charge is -2.16. The van der Waals surface area contributed by atoms with Gasteiger partial charge in [-0.15, -0.1) is 0 Å². The third-order valence-corrected chi connectivity index (χ3v) is 4.57. The zero-order valence-electron chi connectivity index (χ0n) is 14.3. The summed E-state index contributed by atoms with van der Waals surface area (Å²) >= 11 is 12.0. The van der Waals surface area contributed by atoms with E-state index in [1.807, 2.05) is 31.3 Å². The second kappa shape index (κ2) is 10.4. The van der Waals surface area contributed by atoms with Crippen LogP contribution in [0.5, 0.6) is 0 Å². The third kappa shape index (κ3) is 7.43. The Kier molecular flexibility index (Phi) is 8.19. The molecule has 4 nitrogen and oxygen atoms in total. The lowest BCUT2D eigenvalue weighted by Crippen LogP contribution is -2.31. The van der Waals surface area contributed by atoms with E-state index in [2.05, 4.69) is 15.2 Å². The molecule has 1 heterocycles. The van der Waals surface area contributed by atoms with Crippen LogP contribution in [0.15, 0.2) is 42.7 Å². The van der Waals surface area contributed by atoms with E-state index in [-0.39, 0.29) is 5.91 Å². The summed E-state index contributed by atoms with van der Waals surface area (Å²) in [6.07, 6.45) is 5.74. The van der Waals surface area contributed by atoms with Crippen molar-refractivity contribution in [1.29, 1.82) is 0 Å². The fourth-order valence-corrected chi connectivity index (χ4v) is 2.93. The number of pyridine rings is 1. The molecule has 1 N–H and O–H groups in total. The maximum Gasteiger partial charge on any atom is 0.221 e. The van der Waals surface area contributed by atoms with Gasteiger partial charge < -0.3 is 10.2 Å². The van der Waals surface area contributed by atoms with Gasteiger partial charge in [-0.05, 0) is 55.3 Å². The molecule has 1 aromatic carbocycles. The van der Waals surface area contributed by atoms with Gasteiger partial charge >= 0.3 is 0 Å². The number of aromatic nitrogens is 1. The number of likely N-dealkylation sites (N-methyl/N-ethyl adjacent to an activating group) is 1. The number of carbonyl (C=O) groups is 1.